The molecular formula is C10H14ClN. The SMILES string of the molecule is CC(N)=Cc1ccc(C)cc1.Cl. The number of benzene rings is 1. The van der Waals surface area contributed by atoms with Gasteiger partial charge in [-0.2, -0.15) is 0 Å². The van der Waals surface area contributed by atoms with Crippen LogP contribution in [0, 0.1) is 6.92 Å². The maximum absolute atomic E-state index is 5.52. The molecule has 1 aromatic rings. The van der Waals surface area contributed by atoms with Crippen LogP contribution in [0.1, 0.15) is 18.1 Å². The zero-order valence-corrected chi connectivity index (χ0v) is 8.19. The topological polar surface area (TPSA) is 26.0 Å². The van der Waals surface area contributed by atoms with Crippen molar-refractivity contribution in [3.63, 3.8) is 0 Å². The molecule has 0 fully saturated rings. The lowest BCUT2D eigenvalue weighted by Crippen LogP contribution is -1.89. The van der Waals surface area contributed by atoms with Crippen LogP contribution in [0.2, 0.25) is 0 Å². The summed E-state index contributed by atoms with van der Waals surface area (Å²) in [6.45, 7) is 3.96. The van der Waals surface area contributed by atoms with E-state index < -0.39 is 0 Å². The summed E-state index contributed by atoms with van der Waals surface area (Å²) in [5.74, 6) is 0. The third-order valence-electron chi connectivity index (χ3n) is 1.47. The van der Waals surface area contributed by atoms with Crippen molar-refractivity contribution in [3.8, 4) is 0 Å². The Morgan fingerprint density at radius 2 is 1.75 bits per heavy atom. The van der Waals surface area contributed by atoms with Crippen LogP contribution in [0.4, 0.5) is 0 Å². The lowest BCUT2D eigenvalue weighted by Gasteiger charge is -1.95. The molecule has 0 unspecified atom stereocenters. The van der Waals surface area contributed by atoms with Crippen LogP contribution in [0.15, 0.2) is 30.0 Å². The summed E-state index contributed by atoms with van der Waals surface area (Å²) in [4.78, 5) is 0. The Morgan fingerprint density at radius 1 is 1.25 bits per heavy atom. The van der Waals surface area contributed by atoms with Crippen LogP contribution < -0.4 is 5.73 Å². The lowest BCUT2D eigenvalue weighted by atomic mass is 10.1. The van der Waals surface area contributed by atoms with E-state index in [1.54, 1.807) is 0 Å². The molecule has 2 heteroatoms. The van der Waals surface area contributed by atoms with Crippen LogP contribution in [-0.4, -0.2) is 0 Å². The summed E-state index contributed by atoms with van der Waals surface area (Å²) < 4.78 is 0. The molecule has 1 rings (SSSR count). The minimum atomic E-state index is 0. The highest BCUT2D eigenvalue weighted by atomic mass is 35.5. The van der Waals surface area contributed by atoms with Crippen molar-refractivity contribution < 1.29 is 0 Å². The summed E-state index contributed by atoms with van der Waals surface area (Å²) in [6.07, 6.45) is 1.96. The van der Waals surface area contributed by atoms with Gasteiger partial charge in [0.15, 0.2) is 0 Å². The summed E-state index contributed by atoms with van der Waals surface area (Å²) in [7, 11) is 0. The zero-order valence-electron chi connectivity index (χ0n) is 7.37. The third kappa shape index (κ3) is 3.44. The summed E-state index contributed by atoms with van der Waals surface area (Å²) in [6, 6.07) is 8.28. The van der Waals surface area contributed by atoms with E-state index in [2.05, 4.69) is 31.2 Å². The molecule has 1 aromatic carbocycles. The molecule has 0 saturated heterocycles. The van der Waals surface area contributed by atoms with Crippen LogP contribution in [0.3, 0.4) is 0 Å². The normalized spacial score (nSPS) is 10.7. The standard InChI is InChI=1S/C10H13N.ClH/c1-8-3-5-10(6-4-8)7-9(2)11;/h3-7H,11H2,1-2H3;1H. The quantitative estimate of drug-likeness (QED) is 0.712. The summed E-state index contributed by atoms with van der Waals surface area (Å²) >= 11 is 0. The molecule has 1 nitrogen and oxygen atoms in total. The largest absolute Gasteiger partial charge is 0.402 e. The van der Waals surface area contributed by atoms with Crippen molar-refractivity contribution >= 4 is 18.5 Å². The Labute approximate surface area is 79.7 Å². The van der Waals surface area contributed by atoms with Gasteiger partial charge in [0.2, 0.25) is 0 Å². The second-order valence-corrected chi connectivity index (χ2v) is 2.80. The first-order chi connectivity index (χ1) is 5.18. The van der Waals surface area contributed by atoms with E-state index in [1.165, 1.54) is 5.56 Å². The minimum absolute atomic E-state index is 0. The van der Waals surface area contributed by atoms with E-state index in [0.29, 0.717) is 0 Å². The van der Waals surface area contributed by atoms with Crippen LogP contribution >= 0.6 is 12.4 Å². The second-order valence-electron chi connectivity index (χ2n) is 2.80. The Morgan fingerprint density at radius 3 is 2.17 bits per heavy atom. The number of nitrogens with two attached hydrogens (primary N) is 1. The number of rotatable bonds is 1. The molecule has 0 aromatic heterocycles. The summed E-state index contributed by atoms with van der Waals surface area (Å²) in [5, 5.41) is 0. The van der Waals surface area contributed by atoms with E-state index in [1.807, 2.05) is 13.0 Å². The Bertz CT molecular complexity index is 258. The van der Waals surface area contributed by atoms with Gasteiger partial charge >= 0.3 is 0 Å². The molecule has 0 aliphatic heterocycles. The van der Waals surface area contributed by atoms with Gasteiger partial charge in [-0.1, -0.05) is 29.8 Å². The van der Waals surface area contributed by atoms with E-state index in [9.17, 15) is 0 Å². The van der Waals surface area contributed by atoms with Crippen molar-refractivity contribution in [1.29, 1.82) is 0 Å². The number of aryl methyl sites for hydroxylation is 1. The van der Waals surface area contributed by atoms with Gasteiger partial charge in [0.05, 0.1) is 0 Å². The zero-order chi connectivity index (χ0) is 8.27. The predicted molar refractivity (Wildman–Crippen MR) is 56.3 cm³/mol. The average molecular weight is 184 g/mol. The van der Waals surface area contributed by atoms with E-state index in [4.69, 9.17) is 5.73 Å². The molecule has 2 N–H and O–H groups in total. The van der Waals surface area contributed by atoms with E-state index in [-0.39, 0.29) is 12.4 Å². The molecule has 0 amide bonds. The smallest absolute Gasteiger partial charge is 0.00548 e. The molecular weight excluding hydrogens is 170 g/mol. The fraction of sp³-hybridized carbons (Fsp3) is 0.200. The highest BCUT2D eigenvalue weighted by molar-refractivity contribution is 5.85. The fourth-order valence-electron chi connectivity index (χ4n) is 0.926. The molecule has 0 spiro atoms. The molecule has 0 aliphatic rings. The third-order valence-corrected chi connectivity index (χ3v) is 1.47. The first-order valence-electron chi connectivity index (χ1n) is 3.69. The first kappa shape index (κ1) is 11.1. The molecule has 0 bridgehead atoms. The van der Waals surface area contributed by atoms with Gasteiger partial charge in [-0.25, -0.2) is 0 Å². The molecule has 0 radical (unpaired) electrons. The van der Waals surface area contributed by atoms with Gasteiger partial charge in [0, 0.05) is 5.70 Å². The number of allylic oxidation sites excluding steroid dienone is 1. The monoisotopic (exact) mass is 183 g/mol. The fourth-order valence-corrected chi connectivity index (χ4v) is 0.926. The second kappa shape index (κ2) is 4.83. The maximum Gasteiger partial charge on any atom is 0.00548 e. The van der Waals surface area contributed by atoms with Crippen LogP contribution in [0.25, 0.3) is 6.08 Å². The van der Waals surface area contributed by atoms with Gasteiger partial charge in [-0.05, 0) is 25.5 Å². The molecule has 0 atom stereocenters. The van der Waals surface area contributed by atoms with Crippen molar-refractivity contribution in [1.82, 2.24) is 0 Å². The number of halogens is 1. The lowest BCUT2D eigenvalue weighted by molar-refractivity contribution is 1.34. The van der Waals surface area contributed by atoms with Crippen molar-refractivity contribution in [2.45, 2.75) is 13.8 Å². The highest BCUT2D eigenvalue weighted by Gasteiger charge is 1.86. The Hall–Kier alpha value is -0.950. The van der Waals surface area contributed by atoms with Gasteiger partial charge in [0.25, 0.3) is 0 Å². The van der Waals surface area contributed by atoms with Gasteiger partial charge in [-0.15, -0.1) is 12.4 Å². The van der Waals surface area contributed by atoms with Crippen molar-refractivity contribution in [3.05, 3.63) is 41.1 Å². The minimum Gasteiger partial charge on any atom is -0.402 e. The molecule has 66 valence electrons. The molecule has 0 heterocycles. The molecule has 0 aliphatic carbocycles. The number of hydrogen-bond donors (Lipinski definition) is 1. The maximum atomic E-state index is 5.52. The Balaban J connectivity index is 0.00000121. The predicted octanol–water partition coefficient (Wildman–Crippen LogP) is 2.74. The van der Waals surface area contributed by atoms with Crippen molar-refractivity contribution in [2.75, 3.05) is 0 Å². The van der Waals surface area contributed by atoms with Gasteiger partial charge in [0.1, 0.15) is 0 Å². The average Bonchev–Trinajstić information content (AvgIpc) is 1.93. The van der Waals surface area contributed by atoms with E-state index in [0.717, 1.165) is 11.3 Å². The van der Waals surface area contributed by atoms with Crippen LogP contribution in [-0.2, 0) is 0 Å². The Kier molecular flexibility index (Phi) is 4.45. The molecule has 0 saturated carbocycles. The highest BCUT2D eigenvalue weighted by Crippen LogP contribution is 2.05. The first-order valence-corrected chi connectivity index (χ1v) is 3.69. The van der Waals surface area contributed by atoms with Gasteiger partial charge in [-0.3, -0.25) is 0 Å². The van der Waals surface area contributed by atoms with Gasteiger partial charge < -0.3 is 5.73 Å². The van der Waals surface area contributed by atoms with Crippen molar-refractivity contribution in [2.24, 2.45) is 5.73 Å². The van der Waals surface area contributed by atoms with Crippen LogP contribution in [0.5, 0.6) is 0 Å². The summed E-state index contributed by atoms with van der Waals surface area (Å²) in [5.41, 5.74) is 8.80. The number of hydrogen-bond acceptors (Lipinski definition) is 1. The molecule has 12 heavy (non-hydrogen) atoms. The van der Waals surface area contributed by atoms with E-state index >= 15 is 0 Å².